The summed E-state index contributed by atoms with van der Waals surface area (Å²) < 4.78 is 1.62. The molecule has 3 rings (SSSR count). The number of benzene rings is 1. The maximum absolute atomic E-state index is 12.8. The van der Waals surface area contributed by atoms with Crippen molar-refractivity contribution in [3.63, 3.8) is 0 Å². The van der Waals surface area contributed by atoms with Gasteiger partial charge < -0.3 is 10.6 Å². The minimum atomic E-state index is -0.366. The lowest BCUT2D eigenvalue weighted by Crippen LogP contribution is -2.24. The first-order valence-corrected chi connectivity index (χ1v) is 8.41. The van der Waals surface area contributed by atoms with E-state index in [0.717, 1.165) is 17.7 Å². The molecule has 0 aliphatic carbocycles. The molecule has 0 fully saturated rings. The van der Waals surface area contributed by atoms with E-state index in [9.17, 15) is 9.59 Å². The Bertz CT molecular complexity index is 975. The summed E-state index contributed by atoms with van der Waals surface area (Å²) in [5.41, 5.74) is 2.56. The smallest absolute Gasteiger partial charge is 0.292 e. The van der Waals surface area contributed by atoms with E-state index in [2.05, 4.69) is 22.2 Å². The van der Waals surface area contributed by atoms with Crippen molar-refractivity contribution >= 4 is 23.0 Å². The number of carbonyl (C=O) groups excluding carboxylic acids is 2. The molecule has 0 radical (unpaired) electrons. The number of rotatable bonds is 6. The Kier molecular flexibility index (Phi) is 5.12. The summed E-state index contributed by atoms with van der Waals surface area (Å²) in [7, 11) is 0. The molecule has 0 atom stereocenters. The lowest BCUT2D eigenvalue weighted by Gasteiger charge is -2.08. The van der Waals surface area contributed by atoms with E-state index in [0.29, 0.717) is 12.1 Å². The number of aromatic nitrogens is 2. The summed E-state index contributed by atoms with van der Waals surface area (Å²) in [5, 5.41) is 5.59. The molecular formula is C20H20N4O2. The minimum absolute atomic E-state index is 0.162. The van der Waals surface area contributed by atoms with Crippen molar-refractivity contribution in [2.75, 3.05) is 11.9 Å². The van der Waals surface area contributed by atoms with Gasteiger partial charge >= 0.3 is 0 Å². The molecule has 2 heterocycles. The van der Waals surface area contributed by atoms with Gasteiger partial charge in [0, 0.05) is 18.4 Å². The molecule has 0 bridgehead atoms. The van der Waals surface area contributed by atoms with Gasteiger partial charge in [-0.3, -0.25) is 14.0 Å². The summed E-state index contributed by atoms with van der Waals surface area (Å²) in [6.07, 6.45) is 4.10. The number of nitrogens with zero attached hydrogens (tertiary/aromatic N) is 2. The number of hydrogen-bond donors (Lipinski definition) is 2. The lowest BCUT2D eigenvalue weighted by atomic mass is 10.1. The van der Waals surface area contributed by atoms with Gasteiger partial charge in [-0.25, -0.2) is 4.98 Å². The number of carbonyl (C=O) groups is 2. The van der Waals surface area contributed by atoms with Crippen LogP contribution in [0.5, 0.6) is 0 Å². The Hall–Kier alpha value is -3.41. The minimum Gasteiger partial charge on any atom is -0.347 e. The number of para-hydroxylation sites is 1. The van der Waals surface area contributed by atoms with Crippen LogP contribution in [-0.2, 0) is 6.42 Å². The maximum Gasteiger partial charge on any atom is 0.292 e. The molecular weight excluding hydrogens is 328 g/mol. The summed E-state index contributed by atoms with van der Waals surface area (Å²) in [6, 6.07) is 13.0. The fourth-order valence-corrected chi connectivity index (χ4v) is 2.74. The molecule has 26 heavy (non-hydrogen) atoms. The quantitative estimate of drug-likeness (QED) is 0.672. The molecule has 6 heteroatoms. The van der Waals surface area contributed by atoms with Gasteiger partial charge in [0.1, 0.15) is 0 Å². The van der Waals surface area contributed by atoms with Crippen molar-refractivity contribution in [2.45, 2.75) is 13.3 Å². The molecule has 0 spiro atoms. The number of nitrogens with one attached hydrogen (secondary N) is 2. The number of amides is 2. The van der Waals surface area contributed by atoms with E-state index in [1.54, 1.807) is 34.9 Å². The van der Waals surface area contributed by atoms with E-state index in [-0.39, 0.29) is 23.3 Å². The van der Waals surface area contributed by atoms with Crippen molar-refractivity contribution in [3.8, 4) is 0 Å². The second kappa shape index (κ2) is 7.65. The molecule has 1 aromatic carbocycles. The molecule has 2 N–H and O–H groups in total. The van der Waals surface area contributed by atoms with Crippen LogP contribution in [0.1, 0.15) is 33.6 Å². The van der Waals surface area contributed by atoms with Gasteiger partial charge in [0.15, 0.2) is 5.69 Å². The summed E-state index contributed by atoms with van der Waals surface area (Å²) in [5.74, 6) is -0.549. The van der Waals surface area contributed by atoms with Crippen LogP contribution in [0.4, 0.5) is 5.69 Å². The Labute approximate surface area is 151 Å². The average Bonchev–Trinajstić information content (AvgIpc) is 3.06. The molecule has 0 saturated carbocycles. The topological polar surface area (TPSA) is 75.5 Å². The number of hydrogen-bond acceptors (Lipinski definition) is 3. The molecule has 0 aliphatic heterocycles. The number of pyridine rings is 1. The van der Waals surface area contributed by atoms with Gasteiger partial charge in [0.05, 0.1) is 5.52 Å². The van der Waals surface area contributed by atoms with Gasteiger partial charge in [-0.05, 0) is 30.2 Å². The molecule has 2 aromatic heterocycles. The first-order valence-electron chi connectivity index (χ1n) is 8.41. The van der Waals surface area contributed by atoms with E-state index in [1.807, 2.05) is 31.2 Å². The van der Waals surface area contributed by atoms with Crippen molar-refractivity contribution < 1.29 is 9.59 Å². The highest BCUT2D eigenvalue weighted by molar-refractivity contribution is 6.06. The van der Waals surface area contributed by atoms with Crippen LogP contribution in [0, 0.1) is 0 Å². The molecule has 0 saturated heterocycles. The summed E-state index contributed by atoms with van der Waals surface area (Å²) in [6.45, 7) is 5.94. The Morgan fingerprint density at radius 2 is 1.92 bits per heavy atom. The highest BCUT2D eigenvalue weighted by Gasteiger charge is 2.21. The van der Waals surface area contributed by atoms with Gasteiger partial charge in [-0.1, -0.05) is 37.3 Å². The third-order valence-corrected chi connectivity index (χ3v) is 4.02. The van der Waals surface area contributed by atoms with E-state index in [4.69, 9.17) is 0 Å². The first-order chi connectivity index (χ1) is 12.7. The number of fused-ring (bicyclic) bond motifs is 1. The second-order valence-electron chi connectivity index (χ2n) is 5.70. The third kappa shape index (κ3) is 3.35. The summed E-state index contributed by atoms with van der Waals surface area (Å²) >= 11 is 0. The average molecular weight is 348 g/mol. The van der Waals surface area contributed by atoms with E-state index in [1.165, 1.54) is 0 Å². The van der Waals surface area contributed by atoms with Crippen molar-refractivity contribution in [1.82, 2.24) is 14.7 Å². The van der Waals surface area contributed by atoms with Crippen LogP contribution >= 0.6 is 0 Å². The molecule has 0 unspecified atom stereocenters. The monoisotopic (exact) mass is 348 g/mol. The standard InChI is InChI=1S/C20H20N4O2/c1-3-12-21-19(25)17-16-11-7-8-13-24(16)18(23-17)20(26)22-15-10-6-5-9-14(15)4-2/h3,5-11,13H,1,4,12H2,2H3,(H,21,25)(H,22,26). The zero-order valence-corrected chi connectivity index (χ0v) is 14.5. The fourth-order valence-electron chi connectivity index (χ4n) is 2.74. The highest BCUT2D eigenvalue weighted by Crippen LogP contribution is 2.18. The third-order valence-electron chi connectivity index (χ3n) is 4.02. The molecule has 3 aromatic rings. The first kappa shape index (κ1) is 17.4. The fraction of sp³-hybridized carbons (Fsp3) is 0.150. The number of anilines is 1. The van der Waals surface area contributed by atoms with E-state index >= 15 is 0 Å². The van der Waals surface area contributed by atoms with Crippen molar-refractivity contribution in [2.24, 2.45) is 0 Å². The van der Waals surface area contributed by atoms with Crippen LogP contribution < -0.4 is 10.6 Å². The Morgan fingerprint density at radius 1 is 1.15 bits per heavy atom. The summed E-state index contributed by atoms with van der Waals surface area (Å²) in [4.78, 5) is 29.4. The second-order valence-corrected chi connectivity index (χ2v) is 5.70. The molecule has 2 amide bonds. The van der Waals surface area contributed by atoms with Gasteiger partial charge in [-0.2, -0.15) is 0 Å². The highest BCUT2D eigenvalue weighted by atomic mass is 16.2. The molecule has 0 aliphatic rings. The zero-order valence-electron chi connectivity index (χ0n) is 14.5. The van der Waals surface area contributed by atoms with E-state index < -0.39 is 0 Å². The van der Waals surface area contributed by atoms with Crippen LogP contribution in [0.2, 0.25) is 0 Å². The van der Waals surface area contributed by atoms with Crippen LogP contribution in [-0.4, -0.2) is 27.7 Å². The number of aryl methyl sites for hydroxylation is 1. The Morgan fingerprint density at radius 3 is 2.69 bits per heavy atom. The van der Waals surface area contributed by atoms with Crippen molar-refractivity contribution in [1.29, 1.82) is 0 Å². The van der Waals surface area contributed by atoms with Gasteiger partial charge in [0.25, 0.3) is 11.8 Å². The predicted octanol–water partition coefficient (Wildman–Crippen LogP) is 3.06. The Balaban J connectivity index is 1.98. The zero-order chi connectivity index (χ0) is 18.5. The lowest BCUT2D eigenvalue weighted by molar-refractivity contribution is 0.0955. The van der Waals surface area contributed by atoms with Gasteiger partial charge in [-0.15, -0.1) is 6.58 Å². The molecule has 132 valence electrons. The largest absolute Gasteiger partial charge is 0.347 e. The SMILES string of the molecule is C=CCNC(=O)c1nc(C(=O)Nc2ccccc2CC)n2ccccc12. The predicted molar refractivity (Wildman–Crippen MR) is 101 cm³/mol. The van der Waals surface area contributed by atoms with Crippen LogP contribution in [0.25, 0.3) is 5.52 Å². The maximum atomic E-state index is 12.8. The van der Waals surface area contributed by atoms with Crippen LogP contribution in [0.15, 0.2) is 61.3 Å². The van der Waals surface area contributed by atoms with Gasteiger partial charge in [0.2, 0.25) is 5.82 Å². The number of imidazole rings is 1. The van der Waals surface area contributed by atoms with Crippen LogP contribution in [0.3, 0.4) is 0 Å². The van der Waals surface area contributed by atoms with Crippen molar-refractivity contribution in [3.05, 3.63) is 78.4 Å². The normalized spacial score (nSPS) is 10.5. The molecule has 6 nitrogen and oxygen atoms in total.